The number of hydrogen-bond donors (Lipinski definition) is 4. The highest BCUT2D eigenvalue weighted by molar-refractivity contribution is 5.91. The van der Waals surface area contributed by atoms with Crippen LogP contribution >= 0.6 is 0 Å². The van der Waals surface area contributed by atoms with Crippen LogP contribution in [0.5, 0.6) is 0 Å². The molecule has 2 heterocycles. The largest absolute Gasteiger partial charge is 0.394 e. The third-order valence-corrected chi connectivity index (χ3v) is 12.7. The van der Waals surface area contributed by atoms with Crippen molar-refractivity contribution in [1.29, 1.82) is 0 Å². The minimum absolute atomic E-state index is 0.00618. The van der Waals surface area contributed by atoms with Gasteiger partial charge in [-0.15, -0.1) is 0 Å². The Balaban J connectivity index is 1.46. The third kappa shape index (κ3) is 10.7. The molecule has 5 amide bonds. The molecule has 0 unspecified atom stereocenters. The van der Waals surface area contributed by atoms with Crippen molar-refractivity contribution in [3.8, 4) is 0 Å². The maximum atomic E-state index is 14.4. The average molecular weight is 785 g/mol. The lowest BCUT2D eigenvalue weighted by atomic mass is 9.89. The summed E-state index contributed by atoms with van der Waals surface area (Å²) in [5, 5.41) is 16.1. The highest BCUT2D eigenvalue weighted by Crippen LogP contribution is 2.42. The van der Waals surface area contributed by atoms with E-state index in [2.05, 4.69) is 10.6 Å². The van der Waals surface area contributed by atoms with Crippen LogP contribution in [0.25, 0.3) is 0 Å². The summed E-state index contributed by atoms with van der Waals surface area (Å²) in [5.74, 6) is -2.22. The van der Waals surface area contributed by atoms with E-state index in [1.54, 1.807) is 38.0 Å². The minimum atomic E-state index is -0.835. The number of benzene rings is 1. The van der Waals surface area contributed by atoms with Crippen molar-refractivity contribution in [3.63, 3.8) is 0 Å². The molecule has 5 N–H and O–H groups in total. The van der Waals surface area contributed by atoms with Gasteiger partial charge in [-0.05, 0) is 61.8 Å². The van der Waals surface area contributed by atoms with Crippen molar-refractivity contribution >= 4 is 29.5 Å². The molecule has 2 saturated heterocycles. The number of nitrogens with two attached hydrogens (primary N) is 1. The Morgan fingerprint density at radius 1 is 1.00 bits per heavy atom. The molecule has 56 heavy (non-hydrogen) atoms. The molecule has 0 aromatic heterocycles. The Bertz CT molecular complexity index is 1480. The van der Waals surface area contributed by atoms with Crippen LogP contribution in [0.2, 0.25) is 0 Å². The van der Waals surface area contributed by atoms with Gasteiger partial charge in [0.15, 0.2) is 0 Å². The molecule has 4 rings (SSSR count). The van der Waals surface area contributed by atoms with Crippen LogP contribution in [0.15, 0.2) is 30.3 Å². The Morgan fingerprint density at radius 2 is 1.70 bits per heavy atom. The number of carbonyl (C=O) groups excluding carboxylic acids is 5. The Hall–Kier alpha value is -3.59. The maximum absolute atomic E-state index is 14.4. The van der Waals surface area contributed by atoms with Gasteiger partial charge >= 0.3 is 0 Å². The predicted octanol–water partition coefficient (Wildman–Crippen LogP) is 2.11. The highest BCUT2D eigenvalue weighted by atomic mass is 16.5. The van der Waals surface area contributed by atoms with Crippen molar-refractivity contribution in [2.24, 2.45) is 29.4 Å². The number of ether oxygens (including phenoxy) is 2. The number of amides is 5. The first kappa shape index (κ1) is 45.1. The summed E-state index contributed by atoms with van der Waals surface area (Å²) >= 11 is 0. The van der Waals surface area contributed by atoms with Crippen molar-refractivity contribution < 1.29 is 38.6 Å². The summed E-state index contributed by atoms with van der Waals surface area (Å²) < 4.78 is 12.0. The van der Waals surface area contributed by atoms with E-state index in [-0.39, 0.29) is 73.0 Å². The SMILES string of the molecule is CC[C@H](C)[C@@H]([C@@H](CC(=O)N1CCC[C@H]1[C@H](OC)[C@@H](C)C(=O)N[C@H](CO)Cc1ccccc1)OC)N(C)C(=O)[C@@H](NC(=O)[C@@H]1[C@H]2CC[C@H](C2)N1CC(N)=O)C(C)C. The third-order valence-electron chi connectivity index (χ3n) is 12.7. The monoisotopic (exact) mass is 785 g/mol. The topological polar surface area (TPSA) is 184 Å². The van der Waals surface area contributed by atoms with Crippen LogP contribution < -0.4 is 16.4 Å². The first-order valence-corrected chi connectivity index (χ1v) is 20.6. The van der Waals surface area contributed by atoms with Gasteiger partial charge in [-0.3, -0.25) is 28.9 Å². The molecule has 3 aliphatic rings. The molecule has 1 aliphatic carbocycles. The summed E-state index contributed by atoms with van der Waals surface area (Å²) in [7, 11) is 4.82. The fourth-order valence-corrected chi connectivity index (χ4v) is 9.52. The molecular formula is C42H68N6O8. The summed E-state index contributed by atoms with van der Waals surface area (Å²) in [4.78, 5) is 73.2. The number of aliphatic hydroxyl groups excluding tert-OH is 1. The van der Waals surface area contributed by atoms with Gasteiger partial charge in [-0.25, -0.2) is 0 Å². The zero-order chi connectivity index (χ0) is 41.3. The molecule has 1 aromatic carbocycles. The van der Waals surface area contributed by atoms with Crippen LogP contribution in [0, 0.1) is 23.7 Å². The van der Waals surface area contributed by atoms with E-state index in [1.807, 2.05) is 62.9 Å². The molecule has 14 heteroatoms. The quantitative estimate of drug-likeness (QED) is 0.145. The van der Waals surface area contributed by atoms with Gasteiger partial charge in [0.25, 0.3) is 0 Å². The van der Waals surface area contributed by atoms with Gasteiger partial charge in [0.1, 0.15) is 6.04 Å². The number of rotatable bonds is 21. The summed E-state index contributed by atoms with van der Waals surface area (Å²) in [5.41, 5.74) is 6.55. The van der Waals surface area contributed by atoms with Crippen LogP contribution in [0.3, 0.4) is 0 Å². The molecular weight excluding hydrogens is 716 g/mol. The standard InChI is InChI=1S/C42H68N6O8/c1-9-26(4)37(46(6)42(54)36(25(2)3)45-41(53)38-29-17-18-31(21-29)48(38)23-34(43)50)33(55-7)22-35(51)47-19-13-16-32(47)39(56-8)27(5)40(52)44-30(24-49)20-28-14-11-10-12-15-28/h10-12,14-15,25-27,29-33,36-39,49H,9,13,16-24H2,1-8H3,(H2,43,50)(H,44,52)(H,45,53)/t26-,27+,29-,30-,31+,32-,33+,36-,37-,38-,39+/m0/s1. The lowest BCUT2D eigenvalue weighted by molar-refractivity contribution is -0.148. The van der Waals surface area contributed by atoms with Crippen LogP contribution in [0.4, 0.5) is 0 Å². The molecule has 2 aliphatic heterocycles. The Morgan fingerprint density at radius 3 is 2.29 bits per heavy atom. The van der Waals surface area contributed by atoms with E-state index in [4.69, 9.17) is 15.2 Å². The second-order valence-electron chi connectivity index (χ2n) is 16.7. The number of nitrogens with zero attached hydrogens (tertiary/aromatic N) is 3. The molecule has 11 atom stereocenters. The molecule has 0 spiro atoms. The summed E-state index contributed by atoms with van der Waals surface area (Å²) in [6.07, 6.45) is 4.02. The van der Waals surface area contributed by atoms with Crippen LogP contribution in [-0.4, -0.2) is 139 Å². The number of likely N-dealkylation sites (N-methyl/N-ethyl adjacent to an activating group) is 1. The number of fused-ring (bicyclic) bond motifs is 2. The summed E-state index contributed by atoms with van der Waals surface area (Å²) in [6, 6.07) is 7.13. The highest BCUT2D eigenvalue weighted by Gasteiger charge is 2.50. The molecule has 1 saturated carbocycles. The molecule has 14 nitrogen and oxygen atoms in total. The normalized spacial score (nSPS) is 24.6. The smallest absolute Gasteiger partial charge is 0.245 e. The van der Waals surface area contributed by atoms with Gasteiger partial charge < -0.3 is 40.7 Å². The second kappa shape index (κ2) is 20.7. The lowest BCUT2D eigenvalue weighted by Crippen LogP contribution is -2.60. The summed E-state index contributed by atoms with van der Waals surface area (Å²) in [6.45, 7) is 9.92. The van der Waals surface area contributed by atoms with Gasteiger partial charge in [0.05, 0.1) is 61.9 Å². The number of nitrogens with one attached hydrogen (secondary N) is 2. The zero-order valence-corrected chi connectivity index (χ0v) is 34.8. The number of likely N-dealkylation sites (tertiary alicyclic amines) is 2. The first-order chi connectivity index (χ1) is 26.7. The van der Waals surface area contributed by atoms with E-state index in [0.717, 1.165) is 31.2 Å². The van der Waals surface area contributed by atoms with Gasteiger partial charge in [0.2, 0.25) is 29.5 Å². The zero-order valence-electron chi connectivity index (χ0n) is 34.8. The maximum Gasteiger partial charge on any atom is 0.245 e. The van der Waals surface area contributed by atoms with Crippen molar-refractivity contribution in [1.82, 2.24) is 25.3 Å². The number of piperidine rings is 1. The fraction of sp³-hybridized carbons (Fsp3) is 0.738. The van der Waals surface area contributed by atoms with Crippen LogP contribution in [-0.2, 0) is 39.9 Å². The molecule has 2 bridgehead atoms. The first-order valence-electron chi connectivity index (χ1n) is 20.6. The molecule has 3 fully saturated rings. The number of carbonyl (C=O) groups is 5. The number of methoxy groups -OCH3 is 2. The van der Waals surface area contributed by atoms with Gasteiger partial charge in [0, 0.05) is 33.9 Å². The fourth-order valence-electron chi connectivity index (χ4n) is 9.52. The van der Waals surface area contributed by atoms with Gasteiger partial charge in [-0.1, -0.05) is 71.4 Å². The average Bonchev–Trinajstić information content (AvgIpc) is 3.94. The Kier molecular flexibility index (Phi) is 16.7. The van der Waals surface area contributed by atoms with Crippen LogP contribution in [0.1, 0.15) is 85.1 Å². The second-order valence-corrected chi connectivity index (χ2v) is 16.7. The van der Waals surface area contributed by atoms with E-state index < -0.39 is 48.2 Å². The van der Waals surface area contributed by atoms with Crippen molar-refractivity contribution in [3.05, 3.63) is 35.9 Å². The molecule has 314 valence electrons. The minimum Gasteiger partial charge on any atom is -0.394 e. The predicted molar refractivity (Wildman–Crippen MR) is 213 cm³/mol. The van der Waals surface area contributed by atoms with Gasteiger partial charge in [-0.2, -0.15) is 0 Å². The van der Waals surface area contributed by atoms with E-state index in [0.29, 0.717) is 25.8 Å². The number of aliphatic hydroxyl groups is 1. The van der Waals surface area contributed by atoms with E-state index in [1.165, 1.54) is 0 Å². The Labute approximate surface area is 333 Å². The van der Waals surface area contributed by atoms with Crippen molar-refractivity contribution in [2.75, 3.05) is 41.0 Å². The number of hydrogen-bond acceptors (Lipinski definition) is 9. The van der Waals surface area contributed by atoms with E-state index in [9.17, 15) is 29.1 Å². The molecule has 0 radical (unpaired) electrons. The van der Waals surface area contributed by atoms with Crippen molar-refractivity contribution in [2.45, 2.75) is 134 Å². The lowest BCUT2D eigenvalue weighted by Gasteiger charge is -2.41. The molecule has 1 aromatic rings. The number of primary amides is 1. The van der Waals surface area contributed by atoms with E-state index >= 15 is 0 Å².